The summed E-state index contributed by atoms with van der Waals surface area (Å²) in [6.45, 7) is 9.70. The van der Waals surface area contributed by atoms with Gasteiger partial charge in [-0.3, -0.25) is 4.79 Å². The van der Waals surface area contributed by atoms with Crippen molar-refractivity contribution < 1.29 is 9.18 Å². The van der Waals surface area contributed by atoms with Gasteiger partial charge >= 0.3 is 0 Å². The monoisotopic (exact) mass is 537 g/mol. The number of halogens is 1. The average Bonchev–Trinajstić information content (AvgIpc) is 3.12. The molecular formula is C35H40FN3O. The molecule has 1 saturated heterocycles. The smallest absolute Gasteiger partial charge is 0.242 e. The number of carbonyl (C=O) groups excluding carboxylic acids is 1. The molecule has 5 heteroatoms. The van der Waals surface area contributed by atoms with Crippen LogP contribution in [0.25, 0.3) is 11.3 Å². The third-order valence-corrected chi connectivity index (χ3v) is 8.27. The van der Waals surface area contributed by atoms with Crippen molar-refractivity contribution in [3.05, 3.63) is 119 Å². The number of hydrogen-bond donors (Lipinski definition) is 0. The minimum absolute atomic E-state index is 0.138. The molecule has 3 aliphatic rings. The number of carbonyl (C=O) groups is 1. The van der Waals surface area contributed by atoms with Crippen molar-refractivity contribution in [1.29, 1.82) is 0 Å². The molecule has 0 bridgehead atoms. The van der Waals surface area contributed by atoms with Gasteiger partial charge in [-0.15, -0.1) is 0 Å². The van der Waals surface area contributed by atoms with E-state index in [1.54, 1.807) is 6.92 Å². The van der Waals surface area contributed by atoms with Crippen LogP contribution in [0.15, 0.2) is 96.3 Å². The topological polar surface area (TPSA) is 26.8 Å². The zero-order chi connectivity index (χ0) is 28.1. The van der Waals surface area contributed by atoms with Gasteiger partial charge < -0.3 is 14.7 Å². The molecular weight excluding hydrogens is 497 g/mol. The second-order valence-electron chi connectivity index (χ2n) is 11.2. The fourth-order valence-corrected chi connectivity index (χ4v) is 5.71. The molecule has 1 unspecified atom stereocenters. The summed E-state index contributed by atoms with van der Waals surface area (Å²) in [5.41, 5.74) is 7.55. The Morgan fingerprint density at radius 3 is 2.42 bits per heavy atom. The van der Waals surface area contributed by atoms with Gasteiger partial charge in [-0.05, 0) is 86.6 Å². The number of benzene rings is 2. The summed E-state index contributed by atoms with van der Waals surface area (Å²) in [4.78, 5) is 20.4. The molecule has 1 amide bonds. The molecule has 1 atom stereocenters. The third-order valence-electron chi connectivity index (χ3n) is 8.27. The number of aryl methyl sites for hydroxylation is 1. The molecule has 0 N–H and O–H groups in total. The Bertz CT molecular complexity index is 1380. The highest BCUT2D eigenvalue weighted by atomic mass is 19.1. The molecule has 1 aliphatic carbocycles. The fourth-order valence-electron chi connectivity index (χ4n) is 5.71. The Balaban J connectivity index is 1.33. The van der Waals surface area contributed by atoms with Crippen LogP contribution in [-0.2, 0) is 4.79 Å². The predicted molar refractivity (Wildman–Crippen MR) is 163 cm³/mol. The lowest BCUT2D eigenvalue weighted by atomic mass is 10.00. The van der Waals surface area contributed by atoms with Crippen molar-refractivity contribution >= 4 is 17.2 Å². The summed E-state index contributed by atoms with van der Waals surface area (Å²) in [5, 5.41) is 0. The summed E-state index contributed by atoms with van der Waals surface area (Å²) in [6.07, 6.45) is 16.0. The van der Waals surface area contributed by atoms with E-state index < -0.39 is 0 Å². The Morgan fingerprint density at radius 2 is 1.68 bits per heavy atom. The zero-order valence-electron chi connectivity index (χ0n) is 23.9. The van der Waals surface area contributed by atoms with Gasteiger partial charge in [-0.25, -0.2) is 4.39 Å². The summed E-state index contributed by atoms with van der Waals surface area (Å²) in [5.74, 6) is -0.0279. The van der Waals surface area contributed by atoms with E-state index >= 15 is 0 Å². The highest BCUT2D eigenvalue weighted by molar-refractivity contribution is 5.87. The van der Waals surface area contributed by atoms with Gasteiger partial charge in [0.1, 0.15) is 5.82 Å². The Hall–Kier alpha value is -3.86. The molecule has 208 valence electrons. The average molecular weight is 538 g/mol. The van der Waals surface area contributed by atoms with Crippen LogP contribution in [0.2, 0.25) is 0 Å². The fraction of sp³-hybridized carbons (Fsp3) is 0.343. The molecule has 5 rings (SSSR count). The first-order valence-corrected chi connectivity index (χ1v) is 14.4. The highest BCUT2D eigenvalue weighted by Crippen LogP contribution is 2.32. The van der Waals surface area contributed by atoms with E-state index in [0.29, 0.717) is 12.1 Å². The number of nitrogens with zero attached hydrogens (tertiary/aromatic N) is 3. The lowest BCUT2D eigenvalue weighted by Crippen LogP contribution is -2.51. The molecule has 2 aliphatic heterocycles. The third kappa shape index (κ3) is 6.47. The van der Waals surface area contributed by atoms with Crippen LogP contribution in [0.1, 0.15) is 49.8 Å². The zero-order valence-corrected chi connectivity index (χ0v) is 23.9. The molecule has 2 aromatic rings. The molecule has 0 aromatic heterocycles. The molecule has 40 heavy (non-hydrogen) atoms. The van der Waals surface area contributed by atoms with E-state index in [-0.39, 0.29) is 17.8 Å². The Labute approximate surface area is 238 Å². The minimum atomic E-state index is -0.194. The maximum Gasteiger partial charge on any atom is 0.242 e. The largest absolute Gasteiger partial charge is 0.371 e. The van der Waals surface area contributed by atoms with Gasteiger partial charge in [0, 0.05) is 43.6 Å². The lowest BCUT2D eigenvalue weighted by molar-refractivity contribution is -0.133. The van der Waals surface area contributed by atoms with Gasteiger partial charge in [-0.1, -0.05) is 66.3 Å². The summed E-state index contributed by atoms with van der Waals surface area (Å²) >= 11 is 0. The van der Waals surface area contributed by atoms with E-state index in [4.69, 9.17) is 0 Å². The van der Waals surface area contributed by atoms with Crippen LogP contribution >= 0.6 is 0 Å². The van der Waals surface area contributed by atoms with Gasteiger partial charge in [-0.2, -0.15) is 0 Å². The molecule has 2 aromatic carbocycles. The SMILES string of the molecule is CC1=CC=CC=C(N2CCN(C(=O)CN3C(c4ccccc4)=CC(c4ccc(F)c(C)c4)=CCC3C)CC2)CC1. The Morgan fingerprint density at radius 1 is 0.925 bits per heavy atom. The van der Waals surface area contributed by atoms with Crippen molar-refractivity contribution in [1.82, 2.24) is 14.7 Å². The first kappa shape index (κ1) is 27.7. The van der Waals surface area contributed by atoms with E-state index in [1.807, 2.05) is 35.2 Å². The van der Waals surface area contributed by atoms with E-state index in [9.17, 15) is 9.18 Å². The second kappa shape index (κ2) is 12.5. The molecule has 0 radical (unpaired) electrons. The second-order valence-corrected chi connectivity index (χ2v) is 11.2. The summed E-state index contributed by atoms with van der Waals surface area (Å²) in [7, 11) is 0. The maximum atomic E-state index is 14.0. The molecule has 0 saturated carbocycles. The summed E-state index contributed by atoms with van der Waals surface area (Å²) < 4.78 is 14.0. The molecule has 2 heterocycles. The van der Waals surface area contributed by atoms with Crippen LogP contribution in [0.5, 0.6) is 0 Å². The normalized spacial score (nSPS) is 20.1. The van der Waals surface area contributed by atoms with Gasteiger partial charge in [0.2, 0.25) is 5.91 Å². The molecule has 4 nitrogen and oxygen atoms in total. The van der Waals surface area contributed by atoms with Crippen molar-refractivity contribution in [2.24, 2.45) is 0 Å². The quantitative estimate of drug-likeness (QED) is 0.412. The van der Waals surface area contributed by atoms with Gasteiger partial charge in [0.15, 0.2) is 0 Å². The van der Waals surface area contributed by atoms with Crippen LogP contribution in [0.4, 0.5) is 4.39 Å². The first-order valence-electron chi connectivity index (χ1n) is 14.4. The van der Waals surface area contributed by atoms with Crippen LogP contribution in [0, 0.1) is 12.7 Å². The highest BCUT2D eigenvalue weighted by Gasteiger charge is 2.28. The number of hydrogen-bond acceptors (Lipinski definition) is 3. The standard InChI is InChI=1S/C35H40FN3O/c1-26-9-7-8-12-32(17-13-26)37-19-21-38(22-20-37)35(40)25-39-28(3)14-15-31(30-16-18-33(36)27(2)23-30)24-34(39)29-10-5-4-6-11-29/h4-12,15-16,18,23-24,28H,13-14,17,19-22,25H2,1-3H3. The van der Waals surface area contributed by atoms with Crippen LogP contribution in [0.3, 0.4) is 0 Å². The Kier molecular flexibility index (Phi) is 8.69. The molecule has 1 fully saturated rings. The number of piperazine rings is 1. The number of amides is 1. The number of rotatable bonds is 5. The van der Waals surface area contributed by atoms with Crippen LogP contribution < -0.4 is 0 Å². The van der Waals surface area contributed by atoms with Crippen molar-refractivity contribution in [3.8, 4) is 0 Å². The van der Waals surface area contributed by atoms with Crippen molar-refractivity contribution in [3.63, 3.8) is 0 Å². The van der Waals surface area contributed by atoms with Crippen molar-refractivity contribution in [2.45, 2.75) is 46.1 Å². The predicted octanol–water partition coefficient (Wildman–Crippen LogP) is 6.98. The van der Waals surface area contributed by atoms with Gasteiger partial charge in [0.25, 0.3) is 0 Å². The van der Waals surface area contributed by atoms with Crippen molar-refractivity contribution in [2.75, 3.05) is 32.7 Å². The molecule has 0 spiro atoms. The van der Waals surface area contributed by atoms with E-state index in [2.05, 4.69) is 72.2 Å². The lowest BCUT2D eigenvalue weighted by Gasteiger charge is -2.39. The van der Waals surface area contributed by atoms with Gasteiger partial charge in [0.05, 0.1) is 6.54 Å². The first-order chi connectivity index (χ1) is 19.4. The maximum absolute atomic E-state index is 14.0. The minimum Gasteiger partial charge on any atom is -0.371 e. The van der Waals surface area contributed by atoms with E-state index in [0.717, 1.165) is 67.8 Å². The van der Waals surface area contributed by atoms with E-state index in [1.165, 1.54) is 17.3 Å². The number of allylic oxidation sites excluding steroid dienone is 8. The summed E-state index contributed by atoms with van der Waals surface area (Å²) in [6, 6.07) is 15.7. The van der Waals surface area contributed by atoms with Crippen LogP contribution in [-0.4, -0.2) is 59.4 Å².